The van der Waals surface area contributed by atoms with Crippen LogP contribution in [0.4, 0.5) is 0 Å². The molecule has 0 amide bonds. The summed E-state index contributed by atoms with van der Waals surface area (Å²) >= 11 is 5.81. The monoisotopic (exact) mass is 198 g/mol. The Labute approximate surface area is 84.7 Å². The van der Waals surface area contributed by atoms with Crippen LogP contribution in [0.5, 0.6) is 5.75 Å². The first kappa shape index (κ1) is 10.4. The molecule has 0 aliphatic carbocycles. The predicted molar refractivity (Wildman–Crippen MR) is 56.4 cm³/mol. The molecule has 1 nitrogen and oxygen atoms in total. The molecule has 0 saturated heterocycles. The van der Waals surface area contributed by atoms with E-state index >= 15 is 0 Å². The molecule has 0 heterocycles. The van der Waals surface area contributed by atoms with Gasteiger partial charge in [0.15, 0.2) is 0 Å². The third kappa shape index (κ3) is 4.18. The highest BCUT2D eigenvalue weighted by atomic mass is 35.5. The molecule has 1 aromatic rings. The molecule has 0 saturated carbocycles. The molecule has 0 aliphatic rings. The summed E-state index contributed by atoms with van der Waals surface area (Å²) in [6.45, 7) is 5.13. The van der Waals surface area contributed by atoms with Crippen LogP contribution in [-0.2, 0) is 0 Å². The van der Waals surface area contributed by atoms with E-state index in [1.165, 1.54) is 0 Å². The molecular weight excluding hydrogens is 184 g/mol. The fraction of sp³-hybridized carbons (Fsp3) is 0.455. The van der Waals surface area contributed by atoms with E-state index in [1.54, 1.807) is 0 Å². The third-order valence-corrected chi connectivity index (χ3v) is 2.00. The van der Waals surface area contributed by atoms with Crippen molar-refractivity contribution < 1.29 is 4.74 Å². The fourth-order valence-corrected chi connectivity index (χ4v) is 1.15. The molecule has 13 heavy (non-hydrogen) atoms. The van der Waals surface area contributed by atoms with Gasteiger partial charge in [0.2, 0.25) is 0 Å². The quantitative estimate of drug-likeness (QED) is 0.716. The minimum Gasteiger partial charge on any atom is -0.494 e. The second kappa shape index (κ2) is 5.13. The summed E-state index contributed by atoms with van der Waals surface area (Å²) in [6.07, 6.45) is 1.08. The standard InChI is InChI=1S/C11H15ClO/c1-9(2)6-7-13-11-5-3-4-10(12)8-11/h3-5,8-9H,6-7H2,1-2H3. The minimum absolute atomic E-state index is 0.680. The van der Waals surface area contributed by atoms with Crippen molar-refractivity contribution in [1.82, 2.24) is 0 Å². The third-order valence-electron chi connectivity index (χ3n) is 1.76. The Morgan fingerprint density at radius 1 is 1.38 bits per heavy atom. The Balaban J connectivity index is 2.37. The van der Waals surface area contributed by atoms with E-state index in [9.17, 15) is 0 Å². The first-order chi connectivity index (χ1) is 6.18. The molecule has 1 aromatic carbocycles. The van der Waals surface area contributed by atoms with Crippen LogP contribution in [-0.4, -0.2) is 6.61 Å². The zero-order valence-corrected chi connectivity index (χ0v) is 8.84. The normalized spacial score (nSPS) is 10.5. The Kier molecular flexibility index (Phi) is 4.10. The largest absolute Gasteiger partial charge is 0.494 e. The molecule has 0 N–H and O–H groups in total. The summed E-state index contributed by atoms with van der Waals surface area (Å²) in [7, 11) is 0. The van der Waals surface area contributed by atoms with Crippen molar-refractivity contribution in [3.63, 3.8) is 0 Å². The lowest BCUT2D eigenvalue weighted by Crippen LogP contribution is -2.00. The van der Waals surface area contributed by atoms with Crippen molar-refractivity contribution >= 4 is 11.6 Å². The summed E-state index contributed by atoms with van der Waals surface area (Å²) in [5.74, 6) is 1.53. The van der Waals surface area contributed by atoms with Crippen LogP contribution in [0.25, 0.3) is 0 Å². The van der Waals surface area contributed by atoms with Crippen LogP contribution >= 0.6 is 11.6 Å². The van der Waals surface area contributed by atoms with Gasteiger partial charge in [-0.2, -0.15) is 0 Å². The molecule has 0 bridgehead atoms. The summed E-state index contributed by atoms with van der Waals surface area (Å²) in [5, 5.41) is 0.724. The van der Waals surface area contributed by atoms with E-state index in [1.807, 2.05) is 24.3 Å². The van der Waals surface area contributed by atoms with Gasteiger partial charge in [-0.1, -0.05) is 31.5 Å². The Bertz CT molecular complexity index is 258. The van der Waals surface area contributed by atoms with Gasteiger partial charge < -0.3 is 4.74 Å². The number of halogens is 1. The molecule has 2 heteroatoms. The van der Waals surface area contributed by atoms with Gasteiger partial charge in [-0.25, -0.2) is 0 Å². The van der Waals surface area contributed by atoms with E-state index in [2.05, 4.69) is 13.8 Å². The Morgan fingerprint density at radius 2 is 2.15 bits per heavy atom. The highest BCUT2D eigenvalue weighted by Crippen LogP contribution is 2.17. The molecule has 0 unspecified atom stereocenters. The Morgan fingerprint density at radius 3 is 2.77 bits per heavy atom. The fourth-order valence-electron chi connectivity index (χ4n) is 0.969. The second-order valence-corrected chi connectivity index (χ2v) is 3.92. The zero-order valence-electron chi connectivity index (χ0n) is 8.09. The summed E-state index contributed by atoms with van der Waals surface area (Å²) < 4.78 is 5.51. The lowest BCUT2D eigenvalue weighted by molar-refractivity contribution is 0.289. The summed E-state index contributed by atoms with van der Waals surface area (Å²) in [5.41, 5.74) is 0. The molecule has 0 atom stereocenters. The maximum atomic E-state index is 5.81. The molecule has 0 fully saturated rings. The van der Waals surface area contributed by atoms with Crippen LogP contribution < -0.4 is 4.74 Å². The van der Waals surface area contributed by atoms with Crippen molar-refractivity contribution in [2.45, 2.75) is 20.3 Å². The van der Waals surface area contributed by atoms with Crippen molar-refractivity contribution in [2.75, 3.05) is 6.61 Å². The Hall–Kier alpha value is -0.690. The molecule has 0 aromatic heterocycles. The van der Waals surface area contributed by atoms with Gasteiger partial charge in [0.05, 0.1) is 6.61 Å². The van der Waals surface area contributed by atoms with E-state index < -0.39 is 0 Å². The summed E-state index contributed by atoms with van der Waals surface area (Å²) in [4.78, 5) is 0. The highest BCUT2D eigenvalue weighted by Gasteiger charge is 1.96. The first-order valence-corrected chi connectivity index (χ1v) is 4.94. The number of ether oxygens (including phenoxy) is 1. The topological polar surface area (TPSA) is 9.23 Å². The van der Waals surface area contributed by atoms with Crippen molar-refractivity contribution in [2.24, 2.45) is 5.92 Å². The zero-order chi connectivity index (χ0) is 9.68. The lowest BCUT2D eigenvalue weighted by atomic mass is 10.1. The summed E-state index contributed by atoms with van der Waals surface area (Å²) in [6, 6.07) is 7.50. The van der Waals surface area contributed by atoms with Crippen LogP contribution in [0.15, 0.2) is 24.3 Å². The van der Waals surface area contributed by atoms with Crippen LogP contribution in [0, 0.1) is 5.92 Å². The lowest BCUT2D eigenvalue weighted by Gasteiger charge is -2.07. The molecule has 0 spiro atoms. The second-order valence-electron chi connectivity index (χ2n) is 3.49. The van der Waals surface area contributed by atoms with Gasteiger partial charge >= 0.3 is 0 Å². The molecule has 0 aliphatic heterocycles. The van der Waals surface area contributed by atoms with E-state index in [-0.39, 0.29) is 0 Å². The maximum absolute atomic E-state index is 5.81. The average molecular weight is 199 g/mol. The van der Waals surface area contributed by atoms with Crippen molar-refractivity contribution in [3.8, 4) is 5.75 Å². The van der Waals surface area contributed by atoms with E-state index in [0.29, 0.717) is 5.92 Å². The van der Waals surface area contributed by atoms with Crippen LogP contribution in [0.1, 0.15) is 20.3 Å². The van der Waals surface area contributed by atoms with Gasteiger partial charge in [0.1, 0.15) is 5.75 Å². The van der Waals surface area contributed by atoms with Gasteiger partial charge in [-0.05, 0) is 30.5 Å². The first-order valence-electron chi connectivity index (χ1n) is 4.57. The van der Waals surface area contributed by atoms with Crippen molar-refractivity contribution in [1.29, 1.82) is 0 Å². The van der Waals surface area contributed by atoms with Gasteiger partial charge in [0.25, 0.3) is 0 Å². The number of hydrogen-bond donors (Lipinski definition) is 0. The average Bonchev–Trinajstić information content (AvgIpc) is 2.03. The van der Waals surface area contributed by atoms with E-state index in [0.717, 1.165) is 23.8 Å². The van der Waals surface area contributed by atoms with Gasteiger partial charge in [-0.15, -0.1) is 0 Å². The van der Waals surface area contributed by atoms with Gasteiger partial charge in [-0.3, -0.25) is 0 Å². The van der Waals surface area contributed by atoms with Gasteiger partial charge in [0, 0.05) is 5.02 Å². The van der Waals surface area contributed by atoms with Crippen LogP contribution in [0.3, 0.4) is 0 Å². The molecular formula is C11H15ClO. The number of benzene rings is 1. The molecule has 72 valence electrons. The number of hydrogen-bond acceptors (Lipinski definition) is 1. The van der Waals surface area contributed by atoms with E-state index in [4.69, 9.17) is 16.3 Å². The maximum Gasteiger partial charge on any atom is 0.120 e. The van der Waals surface area contributed by atoms with Crippen LogP contribution in [0.2, 0.25) is 5.02 Å². The SMILES string of the molecule is CC(C)CCOc1cccc(Cl)c1. The number of rotatable bonds is 4. The predicted octanol–water partition coefficient (Wildman–Crippen LogP) is 3.76. The molecule has 0 radical (unpaired) electrons. The minimum atomic E-state index is 0.680. The van der Waals surface area contributed by atoms with Crippen molar-refractivity contribution in [3.05, 3.63) is 29.3 Å². The molecule has 1 rings (SSSR count). The smallest absolute Gasteiger partial charge is 0.120 e. The highest BCUT2D eigenvalue weighted by molar-refractivity contribution is 6.30.